The van der Waals surface area contributed by atoms with Crippen molar-refractivity contribution < 1.29 is 28.4 Å². The van der Waals surface area contributed by atoms with Crippen molar-refractivity contribution in [2.75, 3.05) is 73.9 Å². The van der Waals surface area contributed by atoms with Crippen LogP contribution in [0, 0.1) is 0 Å². The van der Waals surface area contributed by atoms with Crippen LogP contribution in [0.5, 0.6) is 0 Å². The van der Waals surface area contributed by atoms with Crippen LogP contribution < -0.4 is 0 Å². The van der Waals surface area contributed by atoms with Gasteiger partial charge in [-0.25, -0.2) is 0 Å². The van der Waals surface area contributed by atoms with Gasteiger partial charge in [0, 0.05) is 14.2 Å². The van der Waals surface area contributed by atoms with Crippen molar-refractivity contribution in [3.8, 4) is 0 Å². The van der Waals surface area contributed by atoms with Gasteiger partial charge in [-0.3, -0.25) is 0 Å². The first-order valence-electron chi connectivity index (χ1n) is 5.70. The zero-order chi connectivity index (χ0) is 12.6. The van der Waals surface area contributed by atoms with Gasteiger partial charge in [0.25, 0.3) is 0 Å². The molecule has 0 aliphatic carbocycles. The van der Waals surface area contributed by atoms with Crippen molar-refractivity contribution >= 4 is 0 Å². The molecule has 0 unspecified atom stereocenters. The Hall–Kier alpha value is -0.240. The summed E-state index contributed by atoms with van der Waals surface area (Å²) < 4.78 is 30.4. The third kappa shape index (κ3) is 15.8. The van der Waals surface area contributed by atoms with E-state index < -0.39 is 0 Å². The molecule has 0 aromatic heterocycles. The molecular formula is C11H24O6. The Kier molecular flexibility index (Phi) is 15.5. The summed E-state index contributed by atoms with van der Waals surface area (Å²) in [4.78, 5) is 0. The number of rotatable bonds is 14. The topological polar surface area (TPSA) is 55.4 Å². The van der Waals surface area contributed by atoms with Gasteiger partial charge in [-0.2, -0.15) is 0 Å². The predicted molar refractivity (Wildman–Crippen MR) is 62.2 cm³/mol. The molecule has 0 rings (SSSR count). The Morgan fingerprint density at radius 1 is 0.471 bits per heavy atom. The van der Waals surface area contributed by atoms with Crippen LogP contribution in [0.3, 0.4) is 0 Å². The molecule has 0 aliphatic heterocycles. The molecule has 6 heteroatoms. The Labute approximate surface area is 103 Å². The van der Waals surface area contributed by atoms with Gasteiger partial charge in [0.15, 0.2) is 0 Å². The van der Waals surface area contributed by atoms with Crippen LogP contribution in [-0.2, 0) is 28.4 Å². The van der Waals surface area contributed by atoms with E-state index in [1.807, 2.05) is 0 Å². The van der Waals surface area contributed by atoms with Crippen LogP contribution in [0.1, 0.15) is 0 Å². The first-order valence-corrected chi connectivity index (χ1v) is 5.70. The molecule has 0 bridgehead atoms. The van der Waals surface area contributed by atoms with Crippen molar-refractivity contribution in [2.24, 2.45) is 0 Å². The van der Waals surface area contributed by atoms with Crippen LogP contribution >= 0.6 is 0 Å². The number of methoxy groups -OCH3 is 2. The molecule has 0 aromatic rings. The lowest BCUT2D eigenvalue weighted by atomic mass is 10.7. The molecule has 17 heavy (non-hydrogen) atoms. The molecule has 0 N–H and O–H groups in total. The van der Waals surface area contributed by atoms with E-state index in [-0.39, 0.29) is 6.79 Å². The Morgan fingerprint density at radius 3 is 1.24 bits per heavy atom. The molecule has 0 spiro atoms. The second-order valence-electron chi connectivity index (χ2n) is 3.14. The van der Waals surface area contributed by atoms with Crippen molar-refractivity contribution in [3.05, 3.63) is 0 Å². The maximum Gasteiger partial charge on any atom is 0.146 e. The maximum absolute atomic E-state index is 5.20. The van der Waals surface area contributed by atoms with Gasteiger partial charge >= 0.3 is 0 Å². The third-order valence-corrected chi connectivity index (χ3v) is 1.77. The van der Waals surface area contributed by atoms with Crippen molar-refractivity contribution in [1.82, 2.24) is 0 Å². The zero-order valence-electron chi connectivity index (χ0n) is 10.8. The first kappa shape index (κ1) is 16.8. The number of hydrogen-bond donors (Lipinski definition) is 0. The van der Waals surface area contributed by atoms with Crippen molar-refractivity contribution in [3.63, 3.8) is 0 Å². The molecule has 0 aromatic carbocycles. The summed E-state index contributed by atoms with van der Waals surface area (Å²) in [5, 5.41) is 0. The molecule has 0 atom stereocenters. The summed E-state index contributed by atoms with van der Waals surface area (Å²) in [5.74, 6) is 0. The predicted octanol–water partition coefficient (Wildman–Crippen LogP) is 0.303. The zero-order valence-corrected chi connectivity index (χ0v) is 10.8. The standard InChI is InChI=1S/C11H24O6/c1-12-3-5-14-7-9-16-11-17-10-8-15-6-4-13-2/h3-11H2,1-2H3. The quantitative estimate of drug-likeness (QED) is 0.327. The average Bonchev–Trinajstić information content (AvgIpc) is 2.35. The molecule has 0 saturated heterocycles. The summed E-state index contributed by atoms with van der Waals surface area (Å²) in [6.45, 7) is 4.81. The van der Waals surface area contributed by atoms with Crippen molar-refractivity contribution in [1.29, 1.82) is 0 Å². The van der Waals surface area contributed by atoms with E-state index in [2.05, 4.69) is 0 Å². The van der Waals surface area contributed by atoms with Crippen LogP contribution in [0.25, 0.3) is 0 Å². The minimum absolute atomic E-state index is 0.265. The van der Waals surface area contributed by atoms with Crippen LogP contribution in [-0.4, -0.2) is 73.9 Å². The van der Waals surface area contributed by atoms with E-state index in [4.69, 9.17) is 28.4 Å². The van der Waals surface area contributed by atoms with E-state index >= 15 is 0 Å². The van der Waals surface area contributed by atoms with E-state index in [1.54, 1.807) is 14.2 Å². The summed E-state index contributed by atoms with van der Waals surface area (Å²) in [6, 6.07) is 0. The van der Waals surface area contributed by atoms with Crippen LogP contribution in [0.2, 0.25) is 0 Å². The van der Waals surface area contributed by atoms with Gasteiger partial charge in [-0.15, -0.1) is 0 Å². The molecule has 0 radical (unpaired) electrons. The maximum atomic E-state index is 5.20. The highest BCUT2D eigenvalue weighted by Crippen LogP contribution is 1.83. The molecule has 0 heterocycles. The van der Waals surface area contributed by atoms with Crippen LogP contribution in [0.4, 0.5) is 0 Å². The Bertz CT molecular complexity index is 119. The van der Waals surface area contributed by atoms with E-state index in [0.717, 1.165) is 0 Å². The summed E-state index contributed by atoms with van der Waals surface area (Å²) >= 11 is 0. The van der Waals surface area contributed by atoms with Crippen LogP contribution in [0.15, 0.2) is 0 Å². The highest BCUT2D eigenvalue weighted by molar-refractivity contribution is 4.31. The van der Waals surface area contributed by atoms with Gasteiger partial charge < -0.3 is 28.4 Å². The molecule has 0 fully saturated rings. The lowest BCUT2D eigenvalue weighted by Crippen LogP contribution is -2.12. The highest BCUT2D eigenvalue weighted by Gasteiger charge is 1.91. The fourth-order valence-corrected chi connectivity index (χ4v) is 0.901. The van der Waals surface area contributed by atoms with Gasteiger partial charge in [0.1, 0.15) is 6.79 Å². The molecule has 0 saturated carbocycles. The van der Waals surface area contributed by atoms with E-state index in [0.29, 0.717) is 52.9 Å². The Balaban J connectivity index is 2.85. The highest BCUT2D eigenvalue weighted by atomic mass is 16.7. The van der Waals surface area contributed by atoms with E-state index in [9.17, 15) is 0 Å². The molecule has 0 aliphatic rings. The van der Waals surface area contributed by atoms with Crippen molar-refractivity contribution in [2.45, 2.75) is 0 Å². The lowest BCUT2D eigenvalue weighted by molar-refractivity contribution is -0.0844. The number of hydrogen-bond acceptors (Lipinski definition) is 6. The minimum atomic E-state index is 0.265. The molecular weight excluding hydrogens is 228 g/mol. The Morgan fingerprint density at radius 2 is 0.824 bits per heavy atom. The van der Waals surface area contributed by atoms with Gasteiger partial charge in [0.05, 0.1) is 52.9 Å². The van der Waals surface area contributed by atoms with Gasteiger partial charge in [0.2, 0.25) is 0 Å². The second-order valence-corrected chi connectivity index (χ2v) is 3.14. The smallest absolute Gasteiger partial charge is 0.146 e. The lowest BCUT2D eigenvalue weighted by Gasteiger charge is -2.07. The minimum Gasteiger partial charge on any atom is -0.382 e. The second kappa shape index (κ2) is 15.8. The largest absolute Gasteiger partial charge is 0.382 e. The molecule has 104 valence electrons. The summed E-state index contributed by atoms with van der Waals surface area (Å²) in [7, 11) is 3.28. The van der Waals surface area contributed by atoms with Gasteiger partial charge in [-0.05, 0) is 0 Å². The fourth-order valence-electron chi connectivity index (χ4n) is 0.901. The fraction of sp³-hybridized carbons (Fsp3) is 1.00. The number of ether oxygens (including phenoxy) is 6. The SMILES string of the molecule is COCCOCCOCOCCOCCOC. The molecule has 6 nitrogen and oxygen atoms in total. The van der Waals surface area contributed by atoms with Gasteiger partial charge in [-0.1, -0.05) is 0 Å². The normalized spacial score (nSPS) is 10.9. The summed E-state index contributed by atoms with van der Waals surface area (Å²) in [5.41, 5.74) is 0. The first-order chi connectivity index (χ1) is 8.41. The molecule has 0 amide bonds. The average molecular weight is 252 g/mol. The van der Waals surface area contributed by atoms with E-state index in [1.165, 1.54) is 0 Å². The monoisotopic (exact) mass is 252 g/mol. The third-order valence-electron chi connectivity index (χ3n) is 1.77. The summed E-state index contributed by atoms with van der Waals surface area (Å²) in [6.07, 6.45) is 0.